The number of carboxylic acid groups (broad SMARTS) is 1. The van der Waals surface area contributed by atoms with Crippen LogP contribution >= 0.6 is 0 Å². The van der Waals surface area contributed by atoms with Gasteiger partial charge in [-0.2, -0.15) is 0 Å². The number of ether oxygens (including phenoxy) is 1. The van der Waals surface area contributed by atoms with Crippen molar-refractivity contribution in [1.82, 2.24) is 9.80 Å². The van der Waals surface area contributed by atoms with Gasteiger partial charge in [-0.05, 0) is 54.8 Å². The minimum absolute atomic E-state index is 0.0143. The zero-order valence-corrected chi connectivity index (χ0v) is 17.0. The quantitative estimate of drug-likeness (QED) is 0.805. The van der Waals surface area contributed by atoms with Gasteiger partial charge in [0.05, 0.1) is 18.7 Å². The van der Waals surface area contributed by atoms with Crippen molar-refractivity contribution >= 4 is 11.5 Å². The van der Waals surface area contributed by atoms with Crippen molar-refractivity contribution in [2.24, 2.45) is 0 Å². The Balaban J connectivity index is 1.78. The number of fused-ring (bicyclic) bond motifs is 1. The topological polar surface area (TPSA) is 53.0 Å². The van der Waals surface area contributed by atoms with Crippen LogP contribution in [0.2, 0.25) is 0 Å². The van der Waals surface area contributed by atoms with E-state index in [0.29, 0.717) is 11.6 Å². The molecule has 2 aromatic rings. The minimum Gasteiger partial charge on any atom is -0.497 e. The predicted octanol–water partition coefficient (Wildman–Crippen LogP) is 4.01. The summed E-state index contributed by atoms with van der Waals surface area (Å²) < 4.78 is 5.33. The van der Waals surface area contributed by atoms with Crippen molar-refractivity contribution in [2.75, 3.05) is 26.7 Å². The molecule has 4 rings (SSSR count). The highest BCUT2D eigenvalue weighted by molar-refractivity contribution is 6.16. The van der Waals surface area contributed by atoms with Crippen molar-refractivity contribution in [2.45, 2.75) is 31.8 Å². The SMILES string of the molecule is CCN1CCCC1CN1C=C(C(=O)O)c2ccccc2C1c1ccc(OC)cc1. The second-order valence-electron chi connectivity index (χ2n) is 7.73. The molecule has 5 heteroatoms. The van der Waals surface area contributed by atoms with Crippen LogP contribution in [0.5, 0.6) is 5.75 Å². The molecular weight excluding hydrogens is 364 g/mol. The molecule has 2 aromatic carbocycles. The fourth-order valence-corrected chi connectivity index (χ4v) is 4.72. The van der Waals surface area contributed by atoms with E-state index in [4.69, 9.17) is 4.74 Å². The maximum atomic E-state index is 12.0. The van der Waals surface area contributed by atoms with Gasteiger partial charge in [0.15, 0.2) is 0 Å². The molecule has 0 saturated carbocycles. The number of hydrogen-bond acceptors (Lipinski definition) is 4. The zero-order valence-electron chi connectivity index (χ0n) is 17.0. The first-order valence-electron chi connectivity index (χ1n) is 10.3. The number of likely N-dealkylation sites (N-methyl/N-ethyl adjacent to an activating group) is 1. The average molecular weight is 392 g/mol. The van der Waals surface area contributed by atoms with Crippen LogP contribution in [0.15, 0.2) is 54.7 Å². The number of carbonyl (C=O) groups is 1. The van der Waals surface area contributed by atoms with Crippen LogP contribution in [-0.4, -0.2) is 53.7 Å². The first-order valence-corrected chi connectivity index (χ1v) is 10.3. The van der Waals surface area contributed by atoms with E-state index in [-0.39, 0.29) is 6.04 Å². The average Bonchev–Trinajstić information content (AvgIpc) is 3.20. The van der Waals surface area contributed by atoms with Crippen molar-refractivity contribution in [3.8, 4) is 5.75 Å². The van der Waals surface area contributed by atoms with Crippen molar-refractivity contribution in [3.05, 3.63) is 71.4 Å². The van der Waals surface area contributed by atoms with Gasteiger partial charge in [-0.15, -0.1) is 0 Å². The van der Waals surface area contributed by atoms with Gasteiger partial charge in [0.2, 0.25) is 0 Å². The minimum atomic E-state index is -0.880. The summed E-state index contributed by atoms with van der Waals surface area (Å²) in [6, 6.07) is 16.4. The summed E-state index contributed by atoms with van der Waals surface area (Å²) in [5.74, 6) is -0.0616. The van der Waals surface area contributed by atoms with Crippen molar-refractivity contribution < 1.29 is 14.6 Å². The highest BCUT2D eigenvalue weighted by Gasteiger charge is 2.34. The molecule has 5 nitrogen and oxygen atoms in total. The Morgan fingerprint density at radius 1 is 1.17 bits per heavy atom. The van der Waals surface area contributed by atoms with E-state index in [1.165, 1.54) is 6.42 Å². The molecule has 0 aliphatic carbocycles. The molecule has 2 aliphatic rings. The summed E-state index contributed by atoms with van der Waals surface area (Å²) >= 11 is 0. The summed E-state index contributed by atoms with van der Waals surface area (Å²) in [6.45, 7) is 5.16. The molecule has 0 spiro atoms. The molecule has 2 aliphatic heterocycles. The standard InChI is InChI=1S/C24H28N2O3/c1-3-25-14-6-7-18(25)15-26-16-22(24(27)28)20-8-4-5-9-21(20)23(26)17-10-12-19(29-2)13-11-17/h4-5,8-13,16,18,23H,3,6-7,14-15H2,1-2H3,(H,27,28). The van der Waals surface area contributed by atoms with Gasteiger partial charge >= 0.3 is 5.97 Å². The number of hydrogen-bond donors (Lipinski definition) is 1. The summed E-state index contributed by atoms with van der Waals surface area (Å²) in [5, 5.41) is 9.87. The lowest BCUT2D eigenvalue weighted by Gasteiger charge is -2.39. The van der Waals surface area contributed by atoms with E-state index in [9.17, 15) is 9.90 Å². The van der Waals surface area contributed by atoms with Crippen molar-refractivity contribution in [1.29, 1.82) is 0 Å². The Kier molecular flexibility index (Phi) is 5.58. The summed E-state index contributed by atoms with van der Waals surface area (Å²) in [6.07, 6.45) is 4.20. The van der Waals surface area contributed by atoms with E-state index in [0.717, 1.165) is 48.5 Å². The molecule has 0 aromatic heterocycles. The Hall–Kier alpha value is -2.79. The molecule has 2 heterocycles. The smallest absolute Gasteiger partial charge is 0.337 e. The molecule has 2 unspecified atom stereocenters. The molecule has 1 N–H and O–H groups in total. The van der Waals surface area contributed by atoms with Gasteiger partial charge in [-0.1, -0.05) is 43.3 Å². The Morgan fingerprint density at radius 2 is 1.93 bits per heavy atom. The first kappa shape index (κ1) is 19.5. The molecule has 152 valence electrons. The second kappa shape index (κ2) is 8.29. The van der Waals surface area contributed by atoms with Crippen LogP contribution < -0.4 is 4.74 Å². The van der Waals surface area contributed by atoms with Gasteiger partial charge in [-0.3, -0.25) is 4.90 Å². The molecule has 1 saturated heterocycles. The summed E-state index contributed by atoms with van der Waals surface area (Å²) in [5.41, 5.74) is 3.35. The molecule has 0 bridgehead atoms. The molecule has 2 atom stereocenters. The highest BCUT2D eigenvalue weighted by atomic mass is 16.5. The summed E-state index contributed by atoms with van der Waals surface area (Å²) in [4.78, 5) is 16.8. The Morgan fingerprint density at radius 3 is 2.62 bits per heavy atom. The number of aliphatic carboxylic acids is 1. The van der Waals surface area contributed by atoms with Gasteiger partial charge in [-0.25, -0.2) is 4.79 Å². The number of nitrogens with zero attached hydrogens (tertiary/aromatic N) is 2. The summed E-state index contributed by atoms with van der Waals surface area (Å²) in [7, 11) is 1.67. The maximum Gasteiger partial charge on any atom is 0.337 e. The van der Waals surface area contributed by atoms with Crippen LogP contribution in [-0.2, 0) is 4.79 Å². The second-order valence-corrected chi connectivity index (χ2v) is 7.73. The number of rotatable bonds is 6. The zero-order chi connectivity index (χ0) is 20.4. The molecule has 1 fully saturated rings. The first-order chi connectivity index (χ1) is 14.1. The van der Waals surface area contributed by atoms with Gasteiger partial charge in [0.25, 0.3) is 0 Å². The van der Waals surface area contributed by atoms with E-state index in [1.807, 2.05) is 36.5 Å². The van der Waals surface area contributed by atoms with Gasteiger partial charge < -0.3 is 14.7 Å². The van der Waals surface area contributed by atoms with Crippen LogP contribution in [0, 0.1) is 0 Å². The van der Waals surface area contributed by atoms with Crippen LogP contribution in [0.3, 0.4) is 0 Å². The predicted molar refractivity (Wildman–Crippen MR) is 114 cm³/mol. The largest absolute Gasteiger partial charge is 0.497 e. The molecule has 0 radical (unpaired) electrons. The normalized spacial score (nSPS) is 21.6. The number of likely N-dealkylation sites (tertiary alicyclic amines) is 1. The highest BCUT2D eigenvalue weighted by Crippen LogP contribution is 2.40. The monoisotopic (exact) mass is 392 g/mol. The van der Waals surface area contributed by atoms with E-state index in [2.05, 4.69) is 34.9 Å². The van der Waals surface area contributed by atoms with Crippen LogP contribution in [0.25, 0.3) is 5.57 Å². The van der Waals surface area contributed by atoms with E-state index in [1.54, 1.807) is 7.11 Å². The van der Waals surface area contributed by atoms with Crippen molar-refractivity contribution in [3.63, 3.8) is 0 Å². The lowest BCUT2D eigenvalue weighted by atomic mass is 9.87. The van der Waals surface area contributed by atoms with Gasteiger partial charge in [0, 0.05) is 18.8 Å². The molecule has 0 amide bonds. The third-order valence-electron chi connectivity index (χ3n) is 6.16. The van der Waals surface area contributed by atoms with E-state index < -0.39 is 5.97 Å². The molecule has 29 heavy (non-hydrogen) atoms. The third kappa shape index (κ3) is 3.75. The lowest BCUT2D eigenvalue weighted by Crippen LogP contribution is -2.41. The molecular formula is C24H28N2O3. The Labute approximate surface area is 172 Å². The number of methoxy groups -OCH3 is 1. The Bertz CT molecular complexity index is 907. The van der Waals surface area contributed by atoms with Crippen LogP contribution in [0.4, 0.5) is 0 Å². The van der Waals surface area contributed by atoms with Crippen LogP contribution in [0.1, 0.15) is 42.5 Å². The third-order valence-corrected chi connectivity index (χ3v) is 6.16. The number of carboxylic acids is 1. The fourth-order valence-electron chi connectivity index (χ4n) is 4.72. The lowest BCUT2D eigenvalue weighted by molar-refractivity contribution is -0.130. The number of benzene rings is 2. The van der Waals surface area contributed by atoms with Gasteiger partial charge in [0.1, 0.15) is 5.75 Å². The maximum absolute atomic E-state index is 12.0. The fraction of sp³-hybridized carbons (Fsp3) is 0.375. The van der Waals surface area contributed by atoms with E-state index >= 15 is 0 Å².